The molecule has 0 N–H and O–H groups in total. The van der Waals surface area contributed by atoms with Crippen LogP contribution in [0.2, 0.25) is 0 Å². The molecular formula is H22Si12. The first-order valence-corrected chi connectivity index (χ1v) is 52.3. The zero-order chi connectivity index (χ0) is 8.44. The van der Waals surface area contributed by atoms with Gasteiger partial charge >= 0.3 is 0 Å². The monoisotopic (exact) mass is 358 g/mol. The number of hydrogen-bond donors (Lipinski definition) is 0. The van der Waals surface area contributed by atoms with E-state index in [9.17, 15) is 0 Å². The third kappa shape index (κ3) is 2.59. The highest BCUT2D eigenvalue weighted by atomic mass is 30.5. The fraction of sp³-hybridized carbons (Fsp3) is 0. The lowest BCUT2D eigenvalue weighted by molar-refractivity contribution is 3.43. The molecule has 0 aromatic rings. The summed E-state index contributed by atoms with van der Waals surface area (Å²) in [5.41, 5.74) is 0. The van der Waals surface area contributed by atoms with Gasteiger partial charge in [-0.2, -0.15) is 0 Å². The van der Waals surface area contributed by atoms with Gasteiger partial charge in [-0.3, -0.25) is 0 Å². The number of hydrogen-bond acceptors (Lipinski definition) is 0. The van der Waals surface area contributed by atoms with Gasteiger partial charge in [-0.15, -0.1) is 0 Å². The molecule has 2 aliphatic heterocycles. The van der Waals surface area contributed by atoms with Crippen molar-refractivity contribution in [1.29, 1.82) is 0 Å². The van der Waals surface area contributed by atoms with Gasteiger partial charge in [0, 0.05) is 0 Å². The maximum Gasteiger partial charge on any atom is -0.00483 e. The molecule has 2 rings (SSSR count). The lowest BCUT2D eigenvalue weighted by atomic mass is 25.8. The molecule has 0 spiro atoms. The van der Waals surface area contributed by atoms with E-state index in [0.717, 1.165) is 77.0 Å². The van der Waals surface area contributed by atoms with Gasteiger partial charge in [-0.25, -0.2) is 0 Å². The molecule has 0 radical (unpaired) electrons. The zero-order valence-corrected chi connectivity index (χ0v) is 25.3. The Morgan fingerprint density at radius 2 is 1.42 bits per heavy atom. The molecule has 0 aromatic carbocycles. The van der Waals surface area contributed by atoms with E-state index in [2.05, 4.69) is 0 Å². The maximum absolute atomic E-state index is 2.00. The van der Waals surface area contributed by atoms with E-state index < -0.39 is 0 Å². The first-order chi connectivity index (χ1) is 5.81. The van der Waals surface area contributed by atoms with E-state index in [1.165, 1.54) is 0 Å². The summed E-state index contributed by atoms with van der Waals surface area (Å²) in [5, 5.41) is 0. The molecule has 70 valence electrons. The summed E-state index contributed by atoms with van der Waals surface area (Å²) in [6, 6.07) is 0. The van der Waals surface area contributed by atoms with Gasteiger partial charge in [0.1, 0.15) is 0 Å². The van der Waals surface area contributed by atoms with E-state index in [1.807, 2.05) is 9.76 Å². The van der Waals surface area contributed by atoms with Crippen molar-refractivity contribution in [2.24, 2.45) is 0 Å². The summed E-state index contributed by atoms with van der Waals surface area (Å²) < 4.78 is 0. The van der Waals surface area contributed by atoms with E-state index in [0.29, 0.717) is 7.35 Å². The fourth-order valence-electron chi connectivity index (χ4n) is 3.39. The third-order valence-electron chi connectivity index (χ3n) is 4.34. The van der Waals surface area contributed by atoms with Gasteiger partial charge in [0.25, 0.3) is 0 Å². The molecule has 2 heterocycles. The minimum absolute atomic E-state index is 0.209. The average Bonchev–Trinajstić information content (AvgIpc) is 2.55. The Morgan fingerprint density at radius 3 is 2.00 bits per heavy atom. The molecule has 0 unspecified atom stereocenters. The SMILES string of the molecule is [SiH3][Si]1([SiH]2[SiH2][SiH2][SiH2][SiH2][SiH2]2)[SiH2][SiH2][SiH2][SiH2]1. The molecule has 0 aliphatic carbocycles. The maximum atomic E-state index is 2.00. The molecule has 0 amide bonds. The number of rotatable bonds is 1. The summed E-state index contributed by atoms with van der Waals surface area (Å²) in [7, 11) is 11.2. The van der Waals surface area contributed by atoms with Crippen LogP contribution in [0.1, 0.15) is 0 Å². The van der Waals surface area contributed by atoms with E-state index in [1.54, 1.807) is 0 Å². The first kappa shape index (κ1) is 11.1. The Kier molecular flexibility index (Phi) is 4.71. The highest BCUT2D eigenvalue weighted by Crippen LogP contribution is 2.02. The Morgan fingerprint density at radius 1 is 0.833 bits per heavy atom. The van der Waals surface area contributed by atoms with E-state index >= 15 is 0 Å². The van der Waals surface area contributed by atoms with Gasteiger partial charge in [-0.05, 0) is 100 Å². The van der Waals surface area contributed by atoms with Gasteiger partial charge in [0.15, 0.2) is 0 Å². The molecule has 0 nitrogen and oxygen atoms in total. The van der Waals surface area contributed by atoms with Crippen LogP contribution in [0, 0.1) is 0 Å². The summed E-state index contributed by atoms with van der Waals surface area (Å²) in [4.78, 5) is 0. The fourth-order valence-corrected chi connectivity index (χ4v) is 824. The summed E-state index contributed by atoms with van der Waals surface area (Å²) in [5.74, 6) is 0. The van der Waals surface area contributed by atoms with Crippen LogP contribution < -0.4 is 0 Å². The standard InChI is InChI=1S/H22Si12/c1-12(9-5-6-10-12)11-7-3-2-4-8-11/h11H,2-10H2,1H3. The minimum atomic E-state index is 0.209. The Bertz CT molecular complexity index is 136. The highest BCUT2D eigenvalue weighted by Gasteiger charge is 2.40. The molecule has 0 bridgehead atoms. The second kappa shape index (κ2) is 5.09. The zero-order valence-electron chi connectivity index (χ0n) is 8.44. The average molecular weight is 359 g/mol. The largest absolute Gasteiger partial charge is 0.0109 e. The second-order valence-corrected chi connectivity index (χ2v) is 140. The molecule has 2 saturated heterocycles. The first-order valence-electron chi connectivity index (χ1n) is 5.81. The van der Waals surface area contributed by atoms with E-state index in [4.69, 9.17) is 0 Å². The van der Waals surface area contributed by atoms with Crippen molar-refractivity contribution in [1.82, 2.24) is 0 Å². The Labute approximate surface area is 99.3 Å². The van der Waals surface area contributed by atoms with Gasteiger partial charge in [0.2, 0.25) is 0 Å². The highest BCUT2D eigenvalue weighted by molar-refractivity contribution is 8.16. The van der Waals surface area contributed by atoms with Crippen LogP contribution in [0.3, 0.4) is 0 Å². The van der Waals surface area contributed by atoms with Gasteiger partial charge in [-0.1, -0.05) is 0 Å². The van der Waals surface area contributed by atoms with Crippen molar-refractivity contribution in [3.8, 4) is 0 Å². The quantitative estimate of drug-likeness (QED) is 0.408. The second-order valence-electron chi connectivity index (χ2n) is 5.20. The molecule has 2 fully saturated rings. The molecule has 12 heavy (non-hydrogen) atoms. The molecule has 0 aromatic heterocycles. The van der Waals surface area contributed by atoms with Crippen LogP contribution in [0.5, 0.6) is 0 Å². The van der Waals surface area contributed by atoms with Crippen molar-refractivity contribution in [2.75, 3.05) is 0 Å². The molecule has 0 atom stereocenters. The predicted molar refractivity (Wildman–Crippen MR) is 99.7 cm³/mol. The van der Waals surface area contributed by atoms with Crippen LogP contribution in [-0.4, -0.2) is 100 Å². The molecular weight excluding hydrogens is 337 g/mol. The van der Waals surface area contributed by atoms with E-state index in [-0.39, 0.29) is 6.14 Å². The van der Waals surface area contributed by atoms with Crippen LogP contribution in [0.15, 0.2) is 0 Å². The normalized spacial score (nSPS) is 61.5. The van der Waals surface area contributed by atoms with Crippen molar-refractivity contribution in [3.63, 3.8) is 0 Å². The van der Waals surface area contributed by atoms with Crippen LogP contribution in [0.25, 0.3) is 0 Å². The Balaban J connectivity index is 1.96. The van der Waals surface area contributed by atoms with Crippen molar-refractivity contribution >= 4 is 100 Å². The summed E-state index contributed by atoms with van der Waals surface area (Å²) >= 11 is 0. The van der Waals surface area contributed by atoms with Crippen molar-refractivity contribution in [2.45, 2.75) is 0 Å². The topological polar surface area (TPSA) is 0 Å². The van der Waals surface area contributed by atoms with Crippen molar-refractivity contribution < 1.29 is 0 Å². The van der Waals surface area contributed by atoms with Gasteiger partial charge in [0.05, 0.1) is 0 Å². The third-order valence-corrected chi connectivity index (χ3v) is 351. The van der Waals surface area contributed by atoms with Gasteiger partial charge < -0.3 is 0 Å². The molecule has 0 saturated carbocycles. The van der Waals surface area contributed by atoms with Crippen molar-refractivity contribution in [3.05, 3.63) is 0 Å². The minimum Gasteiger partial charge on any atom is -0.0109 e. The molecule has 12 heteroatoms. The van der Waals surface area contributed by atoms with Crippen LogP contribution in [-0.2, 0) is 0 Å². The lowest BCUT2D eigenvalue weighted by Gasteiger charge is -2.33. The van der Waals surface area contributed by atoms with Crippen LogP contribution in [0.4, 0.5) is 0 Å². The Hall–Kier alpha value is 2.60. The van der Waals surface area contributed by atoms with Crippen LogP contribution >= 0.6 is 0 Å². The summed E-state index contributed by atoms with van der Waals surface area (Å²) in [6.45, 7) is 0. The molecule has 2 aliphatic rings. The lowest BCUT2D eigenvalue weighted by Crippen LogP contribution is -2.70. The smallest absolute Gasteiger partial charge is 0.00483 e. The predicted octanol–water partition coefficient (Wildman–Crippen LogP) is -10.5. The summed E-state index contributed by atoms with van der Waals surface area (Å²) in [6.07, 6.45) is 0.209.